The van der Waals surface area contributed by atoms with Gasteiger partial charge >= 0.3 is 0 Å². The molecule has 4 nitrogen and oxygen atoms in total. The number of nitrogens with zero attached hydrogens (tertiary/aromatic N) is 2. The second-order valence-electron chi connectivity index (χ2n) is 28.4. The molecule has 0 atom stereocenters. The van der Waals surface area contributed by atoms with Gasteiger partial charge in [0.1, 0.15) is 0 Å². The maximum absolute atomic E-state index is 15.3. The molecule has 4 aromatic heterocycles. The van der Waals surface area contributed by atoms with E-state index in [9.17, 15) is 0 Å². The van der Waals surface area contributed by atoms with E-state index in [4.69, 9.17) is 0 Å². The molecule has 6 aliphatic rings. The summed E-state index contributed by atoms with van der Waals surface area (Å²) in [4.78, 5) is 30.5. The number of carbonyl (C=O) groups excluding carboxylic acids is 2. The first-order valence-corrected chi connectivity index (χ1v) is 33.2. The average molecular weight is 961 g/mol. The summed E-state index contributed by atoms with van der Waals surface area (Å²) in [7, 11) is -4.06. The maximum Gasteiger partial charge on any atom is 0.169 e. The fourth-order valence-corrected chi connectivity index (χ4v) is 19.1. The molecule has 0 spiro atoms. The quantitative estimate of drug-likeness (QED) is 0.165. The standard InChI is InChI=1S/C64H76N2O2Si2/c1-35(2)63-21-17-61(11,18-22-63)49-29-39-43-25-37(69(13,14)59(5,6)7)27-45-41-32-52-42(31-51(41)65(55(43)45)53(39)33-47(49)57(63)67)46-28-38(70(15,16)60(8,9)10)26-44-40-30-50-48(34-54(40)66(52)56(44)46)58(68)64(36(3)4)23-19-62(50,12)20-24-64/h25-36H,17-24H2,1-16H3. The van der Waals surface area contributed by atoms with Crippen molar-refractivity contribution >= 4 is 114 Å². The number of aromatic nitrogens is 2. The van der Waals surface area contributed by atoms with Crippen molar-refractivity contribution in [2.75, 3.05) is 0 Å². The predicted molar refractivity (Wildman–Crippen MR) is 304 cm³/mol. The molecule has 0 amide bonds. The van der Waals surface area contributed by atoms with Gasteiger partial charge in [-0.2, -0.15) is 0 Å². The lowest BCUT2D eigenvalue weighted by Gasteiger charge is -2.42. The van der Waals surface area contributed by atoms with Crippen LogP contribution in [-0.2, 0) is 10.8 Å². The Balaban J connectivity index is 1.20. The molecule has 4 heterocycles. The minimum atomic E-state index is -2.03. The third-order valence-corrected chi connectivity index (χ3v) is 33.7. The third kappa shape index (κ3) is 5.24. The molecule has 362 valence electrons. The van der Waals surface area contributed by atoms with E-state index >= 15 is 9.59 Å². The molecule has 0 saturated heterocycles. The summed E-state index contributed by atoms with van der Waals surface area (Å²) in [5.74, 6) is 1.35. The lowest BCUT2D eigenvalue weighted by Crippen LogP contribution is -2.49. The Kier molecular flexibility index (Phi) is 8.65. The first-order valence-electron chi connectivity index (χ1n) is 27.2. The van der Waals surface area contributed by atoms with E-state index in [2.05, 4.69) is 179 Å². The number of hydrogen-bond donors (Lipinski definition) is 0. The molecule has 9 aromatic rings. The zero-order valence-electron chi connectivity index (χ0n) is 45.3. The van der Waals surface area contributed by atoms with Crippen LogP contribution >= 0.6 is 0 Å². The number of ketones is 2. The Labute approximate surface area is 417 Å². The van der Waals surface area contributed by atoms with Crippen LogP contribution in [0.25, 0.3) is 76.2 Å². The molecule has 15 rings (SSSR count). The van der Waals surface area contributed by atoms with Crippen molar-refractivity contribution < 1.29 is 9.59 Å². The molecule has 0 aliphatic heterocycles. The van der Waals surface area contributed by atoms with Gasteiger partial charge < -0.3 is 8.80 Å². The first-order chi connectivity index (χ1) is 32.6. The van der Waals surface area contributed by atoms with Gasteiger partial charge in [-0.15, -0.1) is 0 Å². The number of carbonyl (C=O) groups is 2. The van der Waals surface area contributed by atoms with Gasteiger partial charge in [0.2, 0.25) is 0 Å². The number of hydrogen-bond acceptors (Lipinski definition) is 2. The summed E-state index contributed by atoms with van der Waals surface area (Å²) in [6.07, 6.45) is 8.16. The summed E-state index contributed by atoms with van der Waals surface area (Å²) < 4.78 is 5.16. The predicted octanol–water partition coefficient (Wildman–Crippen LogP) is 16.8. The Morgan fingerprint density at radius 3 is 1.00 bits per heavy atom. The summed E-state index contributed by atoms with van der Waals surface area (Å²) >= 11 is 0. The molecule has 5 aromatic carbocycles. The van der Waals surface area contributed by atoms with Crippen LogP contribution in [0.15, 0.2) is 60.7 Å². The highest BCUT2D eigenvalue weighted by molar-refractivity contribution is 6.93. The molecule has 0 radical (unpaired) electrons. The van der Waals surface area contributed by atoms with Crippen LogP contribution in [-0.4, -0.2) is 36.5 Å². The van der Waals surface area contributed by atoms with E-state index < -0.39 is 16.1 Å². The van der Waals surface area contributed by atoms with E-state index in [0.29, 0.717) is 23.4 Å². The van der Waals surface area contributed by atoms with Crippen LogP contribution in [0.1, 0.15) is 166 Å². The highest BCUT2D eigenvalue weighted by atomic mass is 28.3. The lowest BCUT2D eigenvalue weighted by molar-refractivity contribution is 0.0537. The maximum atomic E-state index is 15.3. The van der Waals surface area contributed by atoms with Crippen molar-refractivity contribution in [3.8, 4) is 0 Å². The van der Waals surface area contributed by atoms with Gasteiger partial charge in [-0.3, -0.25) is 9.59 Å². The van der Waals surface area contributed by atoms with Crippen molar-refractivity contribution in [1.82, 2.24) is 8.80 Å². The first kappa shape index (κ1) is 45.3. The van der Waals surface area contributed by atoms with Crippen LogP contribution in [0.3, 0.4) is 0 Å². The fourth-order valence-electron chi connectivity index (χ4n) is 15.3. The number of benzene rings is 5. The molecule has 6 aliphatic carbocycles. The SMILES string of the molecule is CC(C)C12CCC(C)(CC1)c1cc3c4cc([Si](C)(C)C(C)(C)C)cc5c6cc7c(cc6n(c3cc1C2=O)c45)c1cc([Si](C)(C)C(C)(C)C)cc2c3cc4c(cc3n7c21)C(=O)C1(C(C)C)CCC4(C)CC1. The molecular weight excluding hydrogens is 885 g/mol. The van der Waals surface area contributed by atoms with Crippen molar-refractivity contribution in [3.05, 3.63) is 82.9 Å². The minimum absolute atomic E-state index is 0.0162. The fraction of sp³-hybridized carbons (Fsp3) is 0.500. The number of Topliss-reactive ketones (excluding diaryl/α,β-unsaturated/α-hetero) is 2. The van der Waals surface area contributed by atoms with Crippen LogP contribution in [0, 0.1) is 22.7 Å². The van der Waals surface area contributed by atoms with Crippen LogP contribution < -0.4 is 10.4 Å². The third-order valence-electron chi connectivity index (χ3n) is 22.8. The minimum Gasteiger partial charge on any atom is -0.308 e. The topological polar surface area (TPSA) is 43.0 Å². The largest absolute Gasteiger partial charge is 0.308 e. The van der Waals surface area contributed by atoms with Crippen molar-refractivity contribution in [2.45, 2.75) is 182 Å². The van der Waals surface area contributed by atoms with Gasteiger partial charge in [0.05, 0.1) is 49.2 Å². The molecule has 6 heteroatoms. The molecule has 4 bridgehead atoms. The van der Waals surface area contributed by atoms with Gasteiger partial charge in [0, 0.05) is 65.0 Å². The van der Waals surface area contributed by atoms with Crippen molar-refractivity contribution in [1.29, 1.82) is 0 Å². The second kappa shape index (κ2) is 13.4. The molecule has 70 heavy (non-hydrogen) atoms. The number of fused-ring (bicyclic) bond motifs is 16. The van der Waals surface area contributed by atoms with Crippen molar-refractivity contribution in [3.63, 3.8) is 0 Å². The Morgan fingerprint density at radius 2 is 0.714 bits per heavy atom. The molecule has 2 saturated carbocycles. The van der Waals surface area contributed by atoms with Crippen LogP contribution in [0.2, 0.25) is 36.3 Å². The Bertz CT molecular complexity index is 3570. The van der Waals surface area contributed by atoms with Gasteiger partial charge in [0.15, 0.2) is 11.6 Å². The zero-order valence-corrected chi connectivity index (χ0v) is 47.3. The lowest BCUT2D eigenvalue weighted by atomic mass is 9.60. The van der Waals surface area contributed by atoms with Gasteiger partial charge in [-0.1, -0.05) is 144 Å². The van der Waals surface area contributed by atoms with E-state index in [1.807, 2.05) is 0 Å². The second-order valence-corrected chi connectivity index (χ2v) is 39.0. The summed E-state index contributed by atoms with van der Waals surface area (Å²) in [6, 6.07) is 25.2. The highest BCUT2D eigenvalue weighted by Gasteiger charge is 2.54. The Morgan fingerprint density at radius 1 is 0.429 bits per heavy atom. The average Bonchev–Trinajstić information content (AvgIpc) is 3.95. The van der Waals surface area contributed by atoms with E-state index in [1.165, 1.54) is 97.7 Å². The van der Waals surface area contributed by atoms with Crippen LogP contribution in [0.5, 0.6) is 0 Å². The molecule has 0 N–H and O–H groups in total. The molecule has 0 unspecified atom stereocenters. The monoisotopic (exact) mass is 961 g/mol. The zero-order chi connectivity index (χ0) is 49.7. The van der Waals surface area contributed by atoms with Crippen molar-refractivity contribution in [2.24, 2.45) is 22.7 Å². The van der Waals surface area contributed by atoms with Crippen LogP contribution in [0.4, 0.5) is 0 Å². The van der Waals surface area contributed by atoms with Gasteiger partial charge in [0.25, 0.3) is 0 Å². The van der Waals surface area contributed by atoms with Gasteiger partial charge in [-0.05, 0) is 132 Å². The summed E-state index contributed by atoms with van der Waals surface area (Å²) in [5, 5.41) is 13.7. The molecule has 2 fully saturated rings. The Hall–Kier alpha value is -4.53. The highest BCUT2D eigenvalue weighted by Crippen LogP contribution is 2.59. The smallest absolute Gasteiger partial charge is 0.169 e. The van der Waals surface area contributed by atoms with E-state index in [1.54, 1.807) is 0 Å². The number of rotatable bonds is 4. The van der Waals surface area contributed by atoms with E-state index in [-0.39, 0.29) is 31.7 Å². The van der Waals surface area contributed by atoms with E-state index in [0.717, 1.165) is 62.5 Å². The normalized spacial score (nSPS) is 25.8. The summed E-state index contributed by atoms with van der Waals surface area (Å²) in [6.45, 7) is 39.0. The molecular formula is C64H76N2O2Si2. The van der Waals surface area contributed by atoms with Gasteiger partial charge in [-0.25, -0.2) is 0 Å². The summed E-state index contributed by atoms with van der Waals surface area (Å²) in [5.41, 5.74) is 11.2.